The van der Waals surface area contributed by atoms with Crippen molar-refractivity contribution in [2.75, 3.05) is 18.9 Å². The lowest BCUT2D eigenvalue weighted by molar-refractivity contribution is 0.265. The molecule has 0 bridgehead atoms. The molecule has 0 aliphatic carbocycles. The van der Waals surface area contributed by atoms with E-state index in [4.69, 9.17) is 0 Å². The van der Waals surface area contributed by atoms with E-state index >= 15 is 0 Å². The first-order valence-corrected chi connectivity index (χ1v) is 6.43. The zero-order valence-corrected chi connectivity index (χ0v) is 12.0. The SMILES string of the molecule is CCCNc1c(CN(C)C(C)C)c(C)nn1C. The molecule has 0 saturated carbocycles. The molecule has 1 aromatic heterocycles. The van der Waals surface area contributed by atoms with Gasteiger partial charge in [0.1, 0.15) is 5.82 Å². The summed E-state index contributed by atoms with van der Waals surface area (Å²) in [6, 6.07) is 0.550. The largest absolute Gasteiger partial charge is 0.370 e. The third-order valence-electron chi connectivity index (χ3n) is 3.18. The van der Waals surface area contributed by atoms with Crippen molar-refractivity contribution in [2.45, 2.75) is 46.7 Å². The molecule has 17 heavy (non-hydrogen) atoms. The van der Waals surface area contributed by atoms with Gasteiger partial charge < -0.3 is 5.32 Å². The first-order chi connectivity index (χ1) is 7.97. The van der Waals surface area contributed by atoms with Gasteiger partial charge >= 0.3 is 0 Å². The molecule has 98 valence electrons. The van der Waals surface area contributed by atoms with E-state index in [1.807, 2.05) is 11.7 Å². The summed E-state index contributed by atoms with van der Waals surface area (Å²) in [4.78, 5) is 2.33. The topological polar surface area (TPSA) is 33.1 Å². The molecule has 0 radical (unpaired) electrons. The van der Waals surface area contributed by atoms with Crippen molar-refractivity contribution >= 4 is 5.82 Å². The highest BCUT2D eigenvalue weighted by Crippen LogP contribution is 2.21. The van der Waals surface area contributed by atoms with E-state index in [9.17, 15) is 0 Å². The van der Waals surface area contributed by atoms with Crippen molar-refractivity contribution in [1.82, 2.24) is 14.7 Å². The summed E-state index contributed by atoms with van der Waals surface area (Å²) in [5.41, 5.74) is 2.44. The number of nitrogens with one attached hydrogen (secondary N) is 1. The summed E-state index contributed by atoms with van der Waals surface area (Å²) in [7, 11) is 4.16. The molecule has 4 nitrogen and oxygen atoms in total. The maximum Gasteiger partial charge on any atom is 0.128 e. The monoisotopic (exact) mass is 238 g/mol. The Morgan fingerprint density at radius 2 is 2.06 bits per heavy atom. The molecule has 1 N–H and O–H groups in total. The number of hydrogen-bond donors (Lipinski definition) is 1. The summed E-state index contributed by atoms with van der Waals surface area (Å²) >= 11 is 0. The fraction of sp³-hybridized carbons (Fsp3) is 0.769. The Morgan fingerprint density at radius 1 is 1.41 bits per heavy atom. The lowest BCUT2D eigenvalue weighted by atomic mass is 10.2. The second kappa shape index (κ2) is 6.05. The number of nitrogens with zero attached hydrogens (tertiary/aromatic N) is 3. The Bertz CT molecular complexity index is 355. The van der Waals surface area contributed by atoms with Crippen molar-refractivity contribution in [1.29, 1.82) is 0 Å². The standard InChI is InChI=1S/C13H26N4/c1-7-8-14-13-12(9-16(5)10(2)3)11(4)15-17(13)6/h10,14H,7-9H2,1-6H3. The van der Waals surface area contributed by atoms with E-state index < -0.39 is 0 Å². The van der Waals surface area contributed by atoms with Crippen LogP contribution in [0.1, 0.15) is 38.4 Å². The maximum absolute atomic E-state index is 4.50. The molecule has 4 heteroatoms. The minimum Gasteiger partial charge on any atom is -0.370 e. The average molecular weight is 238 g/mol. The number of rotatable bonds is 6. The Morgan fingerprint density at radius 3 is 2.59 bits per heavy atom. The van der Waals surface area contributed by atoms with Crippen LogP contribution in [0.15, 0.2) is 0 Å². The van der Waals surface area contributed by atoms with E-state index in [-0.39, 0.29) is 0 Å². The predicted octanol–water partition coefficient (Wildman–Crippen LogP) is 2.39. The first-order valence-electron chi connectivity index (χ1n) is 6.43. The fourth-order valence-electron chi connectivity index (χ4n) is 1.79. The van der Waals surface area contributed by atoms with Gasteiger partial charge in [-0.05, 0) is 34.2 Å². The molecule has 0 aromatic carbocycles. The van der Waals surface area contributed by atoms with Crippen molar-refractivity contribution in [3.8, 4) is 0 Å². The molecule has 0 amide bonds. The van der Waals surface area contributed by atoms with Crippen LogP contribution in [0, 0.1) is 6.92 Å². The molecule has 0 aliphatic heterocycles. The summed E-state index contributed by atoms with van der Waals surface area (Å²) in [6.45, 7) is 10.6. The molecule has 0 aliphatic rings. The second-order valence-corrected chi connectivity index (χ2v) is 4.97. The molecule has 0 atom stereocenters. The lowest BCUT2D eigenvalue weighted by Crippen LogP contribution is -2.26. The Balaban J connectivity index is 2.88. The van der Waals surface area contributed by atoms with Crippen LogP contribution < -0.4 is 5.32 Å². The zero-order valence-electron chi connectivity index (χ0n) is 12.0. The van der Waals surface area contributed by atoms with Gasteiger partial charge in [-0.2, -0.15) is 5.10 Å². The van der Waals surface area contributed by atoms with Crippen molar-refractivity contribution < 1.29 is 0 Å². The number of hydrogen-bond acceptors (Lipinski definition) is 3. The Hall–Kier alpha value is -1.03. The summed E-state index contributed by atoms with van der Waals surface area (Å²) in [5.74, 6) is 1.16. The van der Waals surface area contributed by atoms with Crippen molar-refractivity contribution in [3.05, 3.63) is 11.3 Å². The number of aryl methyl sites for hydroxylation is 2. The third-order valence-corrected chi connectivity index (χ3v) is 3.18. The second-order valence-electron chi connectivity index (χ2n) is 4.97. The van der Waals surface area contributed by atoms with Gasteiger partial charge in [-0.3, -0.25) is 9.58 Å². The van der Waals surface area contributed by atoms with Gasteiger partial charge in [0.25, 0.3) is 0 Å². The normalized spacial score (nSPS) is 11.5. The minimum absolute atomic E-state index is 0.550. The van der Waals surface area contributed by atoms with Gasteiger partial charge in [0.05, 0.1) is 5.69 Å². The van der Waals surface area contributed by atoms with Gasteiger partial charge in [0.15, 0.2) is 0 Å². The highest BCUT2D eigenvalue weighted by Gasteiger charge is 2.15. The average Bonchev–Trinajstić information content (AvgIpc) is 2.51. The van der Waals surface area contributed by atoms with Gasteiger partial charge in [0, 0.05) is 31.7 Å². The molecule has 1 rings (SSSR count). The van der Waals surface area contributed by atoms with Crippen LogP contribution in [0.25, 0.3) is 0 Å². The molecule has 0 unspecified atom stereocenters. The van der Waals surface area contributed by atoms with Crippen LogP contribution in [0.5, 0.6) is 0 Å². The lowest BCUT2D eigenvalue weighted by Gasteiger charge is -2.21. The van der Waals surface area contributed by atoms with Crippen molar-refractivity contribution in [3.63, 3.8) is 0 Å². The van der Waals surface area contributed by atoms with Crippen LogP contribution >= 0.6 is 0 Å². The molecule has 1 heterocycles. The molecule has 0 spiro atoms. The number of anilines is 1. The molecule has 1 aromatic rings. The van der Waals surface area contributed by atoms with Crippen LogP contribution in [-0.2, 0) is 13.6 Å². The predicted molar refractivity (Wildman–Crippen MR) is 73.3 cm³/mol. The van der Waals surface area contributed by atoms with Crippen LogP contribution in [-0.4, -0.2) is 34.3 Å². The number of aromatic nitrogens is 2. The molecular formula is C13H26N4. The van der Waals surface area contributed by atoms with E-state index in [2.05, 4.69) is 50.1 Å². The van der Waals surface area contributed by atoms with Crippen LogP contribution in [0.3, 0.4) is 0 Å². The fourth-order valence-corrected chi connectivity index (χ4v) is 1.79. The van der Waals surface area contributed by atoms with Gasteiger partial charge in [0.2, 0.25) is 0 Å². The molecule has 0 saturated heterocycles. The first kappa shape index (κ1) is 14.0. The minimum atomic E-state index is 0.550. The third kappa shape index (κ3) is 3.46. The quantitative estimate of drug-likeness (QED) is 0.826. The molecule has 0 fully saturated rings. The van der Waals surface area contributed by atoms with Gasteiger partial charge in [-0.15, -0.1) is 0 Å². The highest BCUT2D eigenvalue weighted by molar-refractivity contribution is 5.47. The van der Waals surface area contributed by atoms with Gasteiger partial charge in [-0.1, -0.05) is 6.92 Å². The van der Waals surface area contributed by atoms with E-state index in [0.29, 0.717) is 6.04 Å². The zero-order chi connectivity index (χ0) is 13.0. The van der Waals surface area contributed by atoms with E-state index in [1.54, 1.807) is 0 Å². The van der Waals surface area contributed by atoms with Crippen molar-refractivity contribution in [2.24, 2.45) is 7.05 Å². The van der Waals surface area contributed by atoms with E-state index in [1.165, 1.54) is 5.56 Å². The Labute approximate surface area is 105 Å². The summed E-state index contributed by atoms with van der Waals surface area (Å²) in [5, 5.41) is 7.97. The smallest absolute Gasteiger partial charge is 0.128 e. The Kier molecular flexibility index (Phi) is 5.00. The van der Waals surface area contributed by atoms with E-state index in [0.717, 1.165) is 31.0 Å². The van der Waals surface area contributed by atoms with Gasteiger partial charge in [-0.25, -0.2) is 0 Å². The highest BCUT2D eigenvalue weighted by atomic mass is 15.3. The summed E-state index contributed by atoms with van der Waals surface area (Å²) in [6.07, 6.45) is 1.13. The molecular weight excluding hydrogens is 212 g/mol. The maximum atomic E-state index is 4.50. The summed E-state index contributed by atoms with van der Waals surface area (Å²) < 4.78 is 1.95. The van der Waals surface area contributed by atoms with Crippen LogP contribution in [0.2, 0.25) is 0 Å². The van der Waals surface area contributed by atoms with Crippen LogP contribution in [0.4, 0.5) is 5.82 Å².